The van der Waals surface area contributed by atoms with E-state index in [2.05, 4.69) is 23.4 Å². The minimum absolute atomic E-state index is 0. The number of esters is 1. The summed E-state index contributed by atoms with van der Waals surface area (Å²) < 4.78 is 16.7. The molecule has 2 heterocycles. The maximum absolute atomic E-state index is 12.9. The summed E-state index contributed by atoms with van der Waals surface area (Å²) in [5.74, 6) is 1.15. The van der Waals surface area contributed by atoms with Crippen molar-refractivity contribution >= 4 is 41.6 Å². The van der Waals surface area contributed by atoms with Crippen molar-refractivity contribution in [3.05, 3.63) is 22.7 Å². The van der Waals surface area contributed by atoms with Gasteiger partial charge in [-0.1, -0.05) is 18.5 Å². The third-order valence-electron chi connectivity index (χ3n) is 5.08. The van der Waals surface area contributed by atoms with Crippen molar-refractivity contribution in [2.24, 2.45) is 5.92 Å². The van der Waals surface area contributed by atoms with Gasteiger partial charge in [-0.15, -0.1) is 24.0 Å². The molecule has 0 saturated carbocycles. The Morgan fingerprint density at radius 2 is 1.87 bits per heavy atom. The number of carbonyl (C=O) groups excluding carboxylic acids is 1. The molecule has 1 fully saturated rings. The van der Waals surface area contributed by atoms with E-state index < -0.39 is 5.60 Å². The van der Waals surface area contributed by atoms with Crippen LogP contribution in [0.2, 0.25) is 5.02 Å². The molecule has 5 nitrogen and oxygen atoms in total. The maximum Gasteiger partial charge on any atom is 0.311 e. The molecule has 0 N–H and O–H groups in total. The van der Waals surface area contributed by atoms with Crippen molar-refractivity contribution in [2.75, 3.05) is 26.3 Å². The van der Waals surface area contributed by atoms with Crippen molar-refractivity contribution in [1.82, 2.24) is 4.90 Å². The molecule has 2 atom stereocenters. The molecule has 0 bridgehead atoms. The van der Waals surface area contributed by atoms with Gasteiger partial charge in [-0.25, -0.2) is 0 Å². The normalized spacial score (nSPS) is 20.6. The molecule has 8 heteroatoms. The van der Waals surface area contributed by atoms with E-state index in [0.717, 1.165) is 43.7 Å². The molecule has 3 rings (SSSR count). The van der Waals surface area contributed by atoms with Crippen LogP contribution in [0.4, 0.5) is 0 Å². The molecule has 1 aromatic rings. The van der Waals surface area contributed by atoms with Gasteiger partial charge in [-0.2, -0.15) is 0 Å². The Morgan fingerprint density at radius 3 is 2.47 bits per heavy atom. The highest BCUT2D eigenvalue weighted by atomic mass is 35.5. The second-order valence-corrected chi connectivity index (χ2v) is 8.79. The molecule has 1 saturated heterocycles. The van der Waals surface area contributed by atoms with E-state index in [-0.39, 0.29) is 37.1 Å². The molecule has 2 aliphatic rings. The second kappa shape index (κ2) is 12.2. The maximum atomic E-state index is 12.9. The van der Waals surface area contributed by atoms with Crippen LogP contribution in [0.1, 0.15) is 52.5 Å². The molecule has 172 valence electrons. The van der Waals surface area contributed by atoms with Crippen molar-refractivity contribution in [3.8, 4) is 11.5 Å². The number of hydrogen-bond acceptors (Lipinski definition) is 5. The number of halogens is 3. The first-order valence-electron chi connectivity index (χ1n) is 10.2. The van der Waals surface area contributed by atoms with Crippen LogP contribution < -0.4 is 9.47 Å². The number of ether oxygens (including phenoxy) is 3. The summed E-state index contributed by atoms with van der Waals surface area (Å²) in [6, 6.07) is 3.84. The molecule has 0 radical (unpaired) electrons. The van der Waals surface area contributed by atoms with Crippen molar-refractivity contribution < 1.29 is 19.0 Å². The van der Waals surface area contributed by atoms with Crippen LogP contribution in [-0.4, -0.2) is 48.8 Å². The summed E-state index contributed by atoms with van der Waals surface area (Å²) in [4.78, 5) is 15.3. The number of benzene rings is 1. The number of hydrogen-bond donors (Lipinski definition) is 0. The van der Waals surface area contributed by atoms with Crippen molar-refractivity contribution in [3.63, 3.8) is 0 Å². The van der Waals surface area contributed by atoms with Gasteiger partial charge >= 0.3 is 5.97 Å². The van der Waals surface area contributed by atoms with Crippen LogP contribution in [-0.2, 0) is 16.0 Å². The van der Waals surface area contributed by atoms with E-state index in [9.17, 15) is 4.79 Å². The summed E-state index contributed by atoms with van der Waals surface area (Å²) in [5, 5.41) is 0.657. The third-order valence-corrected chi connectivity index (χ3v) is 5.44. The van der Waals surface area contributed by atoms with E-state index in [1.807, 2.05) is 32.9 Å². The zero-order chi connectivity index (χ0) is 21.6. The average Bonchev–Trinajstić information content (AvgIpc) is 3.10. The highest BCUT2D eigenvalue weighted by Crippen LogP contribution is 2.39. The summed E-state index contributed by atoms with van der Waals surface area (Å²) in [6.45, 7) is 10.1. The lowest BCUT2D eigenvalue weighted by atomic mass is 9.84. The Labute approximate surface area is 196 Å². The minimum Gasteiger partial charge on any atom is -0.460 e. The summed E-state index contributed by atoms with van der Waals surface area (Å²) in [5.41, 5.74) is 0.507. The Kier molecular flexibility index (Phi) is 11.1. The SMILES string of the molecule is CCCN1CCC[C@@H](C(=O)OC(C)(C)C)[C@H]1Cc1cc2c(cc1Cl)OCO2.CCl.Cl. The van der Waals surface area contributed by atoms with Crippen molar-refractivity contribution in [1.29, 1.82) is 0 Å². The van der Waals surface area contributed by atoms with Crippen LogP contribution in [0.5, 0.6) is 11.5 Å². The highest BCUT2D eigenvalue weighted by molar-refractivity contribution is 6.31. The van der Waals surface area contributed by atoms with Gasteiger partial charge in [0.05, 0.1) is 5.92 Å². The summed E-state index contributed by atoms with van der Waals surface area (Å²) >= 11 is 11.2. The molecule has 2 aliphatic heterocycles. The monoisotopic (exact) mass is 481 g/mol. The zero-order valence-electron chi connectivity index (χ0n) is 18.5. The van der Waals surface area contributed by atoms with Gasteiger partial charge in [-0.05, 0) is 71.2 Å². The van der Waals surface area contributed by atoms with Crippen LogP contribution in [0.25, 0.3) is 0 Å². The first kappa shape index (κ1) is 27.2. The van der Waals surface area contributed by atoms with Crippen molar-refractivity contribution in [2.45, 2.75) is 65.0 Å². The van der Waals surface area contributed by atoms with Gasteiger partial charge in [-0.3, -0.25) is 9.69 Å². The van der Waals surface area contributed by atoms with Gasteiger partial charge < -0.3 is 14.2 Å². The highest BCUT2D eigenvalue weighted by Gasteiger charge is 2.38. The Morgan fingerprint density at radius 1 is 1.23 bits per heavy atom. The first-order valence-corrected chi connectivity index (χ1v) is 11.3. The number of nitrogens with zero attached hydrogens (tertiary/aromatic N) is 1. The molecule has 0 unspecified atom stereocenters. The smallest absolute Gasteiger partial charge is 0.311 e. The first-order chi connectivity index (χ1) is 13.8. The molecule has 0 amide bonds. The van der Waals surface area contributed by atoms with E-state index in [0.29, 0.717) is 17.2 Å². The zero-order valence-corrected chi connectivity index (χ0v) is 20.8. The van der Waals surface area contributed by atoms with Crippen LogP contribution in [0.15, 0.2) is 12.1 Å². The van der Waals surface area contributed by atoms with E-state index in [1.54, 1.807) is 0 Å². The molecule has 0 aliphatic carbocycles. The lowest BCUT2D eigenvalue weighted by Crippen LogP contribution is -2.50. The molecule has 1 aromatic carbocycles. The van der Waals surface area contributed by atoms with Gasteiger partial charge in [0.2, 0.25) is 6.79 Å². The standard InChI is InChI=1S/C21H30ClNO4.CH3Cl.ClH/c1-5-8-23-9-6-7-15(20(24)27-21(2,3)4)17(23)10-14-11-18-19(12-16(14)22)26-13-25-18;1-2;/h11-12,15,17H,5-10,13H2,1-4H3;1H3;1H/t15-,17-;;/m1../s1. The Hall–Kier alpha value is -0.880. The van der Waals surface area contributed by atoms with Crippen LogP contribution in [0, 0.1) is 5.92 Å². The van der Waals surface area contributed by atoms with E-state index in [1.165, 1.54) is 6.38 Å². The number of piperidine rings is 1. The lowest BCUT2D eigenvalue weighted by Gasteiger charge is -2.41. The number of alkyl halides is 1. The topological polar surface area (TPSA) is 48.0 Å². The largest absolute Gasteiger partial charge is 0.460 e. The summed E-state index contributed by atoms with van der Waals surface area (Å²) in [6.07, 6.45) is 5.07. The average molecular weight is 483 g/mol. The molecule has 0 spiro atoms. The number of rotatable bonds is 5. The van der Waals surface area contributed by atoms with Gasteiger partial charge in [0.25, 0.3) is 0 Å². The van der Waals surface area contributed by atoms with Crippen LogP contribution >= 0.6 is 35.6 Å². The number of carbonyl (C=O) groups is 1. The van der Waals surface area contributed by atoms with Crippen LogP contribution in [0.3, 0.4) is 0 Å². The van der Waals surface area contributed by atoms with E-state index >= 15 is 0 Å². The number of likely N-dealkylation sites (tertiary alicyclic amines) is 1. The number of fused-ring (bicyclic) bond motifs is 1. The van der Waals surface area contributed by atoms with Gasteiger partial charge in [0, 0.05) is 23.5 Å². The molecule has 0 aromatic heterocycles. The fourth-order valence-electron chi connectivity index (χ4n) is 3.96. The molecular formula is C22H34Cl3NO4. The quantitative estimate of drug-likeness (QED) is 0.397. The Bertz CT molecular complexity index is 692. The van der Waals surface area contributed by atoms with E-state index in [4.69, 9.17) is 25.8 Å². The fourth-order valence-corrected chi connectivity index (χ4v) is 4.19. The summed E-state index contributed by atoms with van der Waals surface area (Å²) in [7, 11) is 0. The molecule has 30 heavy (non-hydrogen) atoms. The van der Waals surface area contributed by atoms with Gasteiger partial charge in [0.15, 0.2) is 11.5 Å². The minimum atomic E-state index is -0.481. The van der Waals surface area contributed by atoms with Gasteiger partial charge in [0.1, 0.15) is 5.60 Å². The third kappa shape index (κ3) is 7.08. The second-order valence-electron chi connectivity index (χ2n) is 8.39. The molecular weight excluding hydrogens is 449 g/mol. The lowest BCUT2D eigenvalue weighted by molar-refractivity contribution is -0.164. The predicted molar refractivity (Wildman–Crippen MR) is 125 cm³/mol. The fraction of sp³-hybridized carbons (Fsp3) is 0.682. The Balaban J connectivity index is 0.00000146. The predicted octanol–water partition coefficient (Wildman–Crippen LogP) is 5.72.